The molecular weight excluding hydrogens is 566 g/mol. The number of amides is 1. The fraction of sp³-hybridized carbons (Fsp3) is 0.393. The third-order valence-corrected chi connectivity index (χ3v) is 5.11. The predicted octanol–water partition coefficient (Wildman–Crippen LogP) is -0.294. The van der Waals surface area contributed by atoms with Crippen molar-refractivity contribution in [2.45, 2.75) is 63.7 Å². The van der Waals surface area contributed by atoms with E-state index in [1.165, 1.54) is 12.1 Å². The molecule has 0 bridgehead atoms. The molecule has 15 heteroatoms. The van der Waals surface area contributed by atoms with Gasteiger partial charge in [0.1, 0.15) is 29.9 Å². The Hall–Kier alpha value is -4.57. The van der Waals surface area contributed by atoms with Crippen molar-refractivity contribution >= 4 is 29.8 Å². The van der Waals surface area contributed by atoms with Crippen LogP contribution in [0.25, 0.3) is 0 Å². The molecule has 0 aromatic heterocycles. The second kappa shape index (κ2) is 22.1. The molecule has 4 atom stereocenters. The molecule has 2 aromatic carbocycles. The van der Waals surface area contributed by atoms with Gasteiger partial charge in [0.15, 0.2) is 0 Å². The quantitative estimate of drug-likeness (QED) is 0.148. The highest BCUT2D eigenvalue weighted by Crippen LogP contribution is 2.10. The van der Waals surface area contributed by atoms with Crippen LogP contribution in [-0.4, -0.2) is 79.5 Å². The highest BCUT2D eigenvalue weighted by molar-refractivity contribution is 5.83. The molecule has 15 N–H and O–H groups in total. The van der Waals surface area contributed by atoms with E-state index < -0.39 is 54.0 Å². The van der Waals surface area contributed by atoms with Crippen LogP contribution in [-0.2, 0) is 36.8 Å². The van der Waals surface area contributed by atoms with Crippen LogP contribution < -0.4 is 28.7 Å². The van der Waals surface area contributed by atoms with Gasteiger partial charge in [-0.2, -0.15) is 0 Å². The average molecular weight is 610 g/mol. The van der Waals surface area contributed by atoms with Crippen molar-refractivity contribution in [3.8, 4) is 5.75 Å². The fourth-order valence-electron chi connectivity index (χ4n) is 2.84. The summed E-state index contributed by atoms with van der Waals surface area (Å²) in [6, 6.07) is 12.1. The first-order valence-electron chi connectivity index (χ1n) is 12.9. The maximum Gasteiger partial charge on any atom is 0.321 e. The number of carbonyl (C=O) groups is 5. The summed E-state index contributed by atoms with van der Waals surface area (Å²) in [5, 5.41) is 42.4. The van der Waals surface area contributed by atoms with Crippen LogP contribution in [0.2, 0.25) is 0 Å². The normalized spacial score (nSPS) is 12.7. The van der Waals surface area contributed by atoms with Gasteiger partial charge in [0.25, 0.3) is 0 Å². The molecule has 4 unspecified atom stereocenters. The molecule has 0 radical (unpaired) electrons. The number of aliphatic carboxylic acids is 4. The number of aromatic hydroxyl groups is 1. The lowest BCUT2D eigenvalue weighted by Crippen LogP contribution is -2.34. The highest BCUT2D eigenvalue weighted by Gasteiger charge is 2.14. The number of hydrogen-bond acceptors (Lipinski definition) is 10. The zero-order chi connectivity index (χ0) is 33.7. The van der Waals surface area contributed by atoms with Crippen molar-refractivity contribution in [2.75, 3.05) is 0 Å². The molecule has 15 nitrogen and oxygen atoms in total. The van der Waals surface area contributed by atoms with E-state index >= 15 is 0 Å². The minimum Gasteiger partial charge on any atom is -0.508 e. The number of carbonyl (C=O) groups excluding carboxylic acids is 1. The van der Waals surface area contributed by atoms with Gasteiger partial charge in [0.2, 0.25) is 5.91 Å². The maximum absolute atomic E-state index is 10.4. The van der Waals surface area contributed by atoms with E-state index in [2.05, 4.69) is 5.73 Å². The number of primary amides is 1. The van der Waals surface area contributed by atoms with Gasteiger partial charge in [0, 0.05) is 0 Å². The van der Waals surface area contributed by atoms with E-state index in [0.717, 1.165) is 11.1 Å². The standard InChI is InChI=1S/C9H11NO3.C9H11NO2.C6H13NO2.C4H8N2O3/c10-8(9(12)13)5-6-1-3-7(11)4-2-6;10-8(9(11)12)6-7-4-2-1-3-5-7;1-4(2)3-5(7)6(8)9;5-2(4(8)9)1-3(6)7/h1-4,8,11H,5,10H2,(H,12,13);1-5,8H,6,10H2,(H,11,12);4-5H,3,7H2,1-2H3,(H,8,9);2H,1,5H2,(H2,6,7)(H,8,9). The Morgan fingerprint density at radius 3 is 1.26 bits per heavy atom. The third-order valence-electron chi connectivity index (χ3n) is 5.11. The summed E-state index contributed by atoms with van der Waals surface area (Å²) in [6.45, 7) is 3.89. The second-order valence-corrected chi connectivity index (χ2v) is 9.64. The molecule has 0 heterocycles. The third kappa shape index (κ3) is 22.8. The van der Waals surface area contributed by atoms with E-state index in [4.69, 9.17) is 48.5 Å². The Morgan fingerprint density at radius 1 is 0.605 bits per heavy atom. The van der Waals surface area contributed by atoms with Crippen LogP contribution >= 0.6 is 0 Å². The number of carboxylic acid groups (broad SMARTS) is 4. The summed E-state index contributed by atoms with van der Waals surface area (Å²) in [4.78, 5) is 50.8. The zero-order valence-corrected chi connectivity index (χ0v) is 24.1. The van der Waals surface area contributed by atoms with Gasteiger partial charge in [-0.15, -0.1) is 0 Å². The number of hydrogen-bond donors (Lipinski definition) is 10. The van der Waals surface area contributed by atoms with Gasteiger partial charge >= 0.3 is 23.9 Å². The van der Waals surface area contributed by atoms with Crippen molar-refractivity contribution < 1.29 is 49.5 Å². The number of phenols is 1. The molecule has 1 amide bonds. The molecule has 2 aromatic rings. The van der Waals surface area contributed by atoms with Gasteiger partial charge < -0.3 is 54.2 Å². The topological polar surface area (TPSA) is 317 Å². The van der Waals surface area contributed by atoms with E-state index in [0.29, 0.717) is 18.8 Å². The minimum absolute atomic E-state index is 0.160. The van der Waals surface area contributed by atoms with Crippen molar-refractivity contribution in [3.05, 3.63) is 65.7 Å². The smallest absolute Gasteiger partial charge is 0.321 e. The molecule has 0 aliphatic heterocycles. The monoisotopic (exact) mass is 609 g/mol. The number of benzene rings is 2. The summed E-state index contributed by atoms with van der Waals surface area (Å²) >= 11 is 0. The van der Waals surface area contributed by atoms with Crippen LogP contribution in [0, 0.1) is 5.92 Å². The minimum atomic E-state index is -1.21. The molecule has 0 aliphatic rings. The average Bonchev–Trinajstić information content (AvgIpc) is 2.90. The summed E-state index contributed by atoms with van der Waals surface area (Å²) in [7, 11) is 0. The lowest BCUT2D eigenvalue weighted by atomic mass is 10.1. The second-order valence-electron chi connectivity index (χ2n) is 9.64. The number of rotatable bonds is 12. The van der Waals surface area contributed by atoms with Crippen molar-refractivity contribution in [1.82, 2.24) is 0 Å². The molecule has 0 spiro atoms. The Labute approximate surface area is 249 Å². The molecular formula is C28H43N5O10. The Balaban J connectivity index is 0. The largest absolute Gasteiger partial charge is 0.508 e. The van der Waals surface area contributed by atoms with Crippen LogP contribution in [0.1, 0.15) is 37.8 Å². The fourth-order valence-corrected chi connectivity index (χ4v) is 2.84. The van der Waals surface area contributed by atoms with Crippen LogP contribution in [0.3, 0.4) is 0 Å². The Morgan fingerprint density at radius 2 is 0.977 bits per heavy atom. The maximum atomic E-state index is 10.4. The van der Waals surface area contributed by atoms with Gasteiger partial charge in [-0.05, 0) is 48.4 Å². The zero-order valence-electron chi connectivity index (χ0n) is 24.1. The summed E-state index contributed by atoms with van der Waals surface area (Å²) in [5.41, 5.74) is 27.2. The number of nitrogens with two attached hydrogens (primary N) is 5. The van der Waals surface area contributed by atoms with Gasteiger partial charge in [-0.1, -0.05) is 56.3 Å². The van der Waals surface area contributed by atoms with Crippen LogP contribution in [0.4, 0.5) is 0 Å². The number of carboxylic acids is 4. The summed E-state index contributed by atoms with van der Waals surface area (Å²) in [6.07, 6.45) is 0.899. The Kier molecular flexibility index (Phi) is 20.8. The molecule has 2 rings (SSSR count). The molecule has 43 heavy (non-hydrogen) atoms. The molecule has 0 saturated heterocycles. The van der Waals surface area contributed by atoms with Crippen molar-refractivity contribution in [1.29, 1.82) is 0 Å². The van der Waals surface area contributed by atoms with Crippen molar-refractivity contribution in [3.63, 3.8) is 0 Å². The van der Waals surface area contributed by atoms with E-state index in [9.17, 15) is 24.0 Å². The molecule has 240 valence electrons. The van der Waals surface area contributed by atoms with E-state index in [-0.39, 0.29) is 18.6 Å². The predicted molar refractivity (Wildman–Crippen MR) is 158 cm³/mol. The lowest BCUT2D eigenvalue weighted by Gasteiger charge is -2.07. The lowest BCUT2D eigenvalue weighted by molar-refractivity contribution is -0.140. The SMILES string of the molecule is CC(C)CC(N)C(=O)O.NC(=O)CC(N)C(=O)O.NC(Cc1ccc(O)cc1)C(=O)O.NC(Cc1ccccc1)C(=O)O. The van der Waals surface area contributed by atoms with Gasteiger partial charge in [-0.25, -0.2) is 0 Å². The van der Waals surface area contributed by atoms with E-state index in [1.54, 1.807) is 12.1 Å². The van der Waals surface area contributed by atoms with Gasteiger partial charge in [-0.3, -0.25) is 24.0 Å². The first kappa shape index (κ1) is 40.6. The molecule has 0 saturated carbocycles. The van der Waals surface area contributed by atoms with Crippen molar-refractivity contribution in [2.24, 2.45) is 34.6 Å². The van der Waals surface area contributed by atoms with Gasteiger partial charge in [0.05, 0.1) is 6.42 Å². The summed E-state index contributed by atoms with van der Waals surface area (Å²) < 4.78 is 0. The Bertz CT molecular complexity index is 1130. The highest BCUT2D eigenvalue weighted by atomic mass is 16.4. The van der Waals surface area contributed by atoms with E-state index in [1.807, 2.05) is 44.2 Å². The number of phenolic OH excluding ortho intramolecular Hbond substituents is 1. The summed E-state index contributed by atoms with van der Waals surface area (Å²) in [5.74, 6) is -4.29. The first-order chi connectivity index (χ1) is 19.9. The first-order valence-corrected chi connectivity index (χ1v) is 12.9. The van der Waals surface area contributed by atoms with Crippen LogP contribution in [0.5, 0.6) is 5.75 Å². The molecule has 0 fully saturated rings. The van der Waals surface area contributed by atoms with Crippen LogP contribution in [0.15, 0.2) is 54.6 Å². The molecule has 0 aliphatic carbocycles.